The highest BCUT2D eigenvalue weighted by Crippen LogP contribution is 2.12. The SMILES string of the molecule is CC(=O)Nc1cccc(CNC(=O)CC2CSCCN2)c1.Cl. The van der Waals surface area contributed by atoms with Crippen molar-refractivity contribution < 1.29 is 9.59 Å². The van der Waals surface area contributed by atoms with E-state index in [2.05, 4.69) is 16.0 Å². The summed E-state index contributed by atoms with van der Waals surface area (Å²) in [6.45, 7) is 2.93. The van der Waals surface area contributed by atoms with Gasteiger partial charge in [-0.05, 0) is 17.7 Å². The maximum absolute atomic E-state index is 11.9. The maximum Gasteiger partial charge on any atom is 0.221 e. The molecule has 0 bridgehead atoms. The van der Waals surface area contributed by atoms with Crippen molar-refractivity contribution in [1.29, 1.82) is 0 Å². The van der Waals surface area contributed by atoms with E-state index in [-0.39, 0.29) is 30.3 Å². The molecule has 0 aliphatic carbocycles. The van der Waals surface area contributed by atoms with E-state index in [9.17, 15) is 9.59 Å². The molecular formula is C15H22ClN3O2S. The Labute approximate surface area is 141 Å². The smallest absolute Gasteiger partial charge is 0.221 e. The van der Waals surface area contributed by atoms with Crippen molar-refractivity contribution >= 4 is 41.7 Å². The van der Waals surface area contributed by atoms with Gasteiger partial charge in [0.1, 0.15) is 0 Å². The molecule has 22 heavy (non-hydrogen) atoms. The zero-order valence-corrected chi connectivity index (χ0v) is 14.2. The molecule has 7 heteroatoms. The quantitative estimate of drug-likeness (QED) is 0.762. The van der Waals surface area contributed by atoms with Crippen molar-refractivity contribution in [3.05, 3.63) is 29.8 Å². The Kier molecular flexibility index (Phi) is 8.30. The predicted molar refractivity (Wildman–Crippen MR) is 93.6 cm³/mol. The third-order valence-corrected chi connectivity index (χ3v) is 4.30. The highest BCUT2D eigenvalue weighted by atomic mass is 35.5. The van der Waals surface area contributed by atoms with Crippen LogP contribution in [0.15, 0.2) is 24.3 Å². The average Bonchev–Trinajstić information content (AvgIpc) is 2.46. The van der Waals surface area contributed by atoms with E-state index >= 15 is 0 Å². The lowest BCUT2D eigenvalue weighted by Gasteiger charge is -2.22. The van der Waals surface area contributed by atoms with E-state index in [0.717, 1.165) is 29.3 Å². The van der Waals surface area contributed by atoms with Crippen LogP contribution in [-0.2, 0) is 16.1 Å². The topological polar surface area (TPSA) is 70.2 Å². The van der Waals surface area contributed by atoms with Crippen LogP contribution in [-0.4, -0.2) is 35.9 Å². The molecule has 2 amide bonds. The third-order valence-electron chi connectivity index (χ3n) is 3.17. The van der Waals surface area contributed by atoms with E-state index in [4.69, 9.17) is 0 Å². The second-order valence-electron chi connectivity index (χ2n) is 5.09. The molecule has 0 saturated carbocycles. The number of hydrogen-bond donors (Lipinski definition) is 3. The minimum atomic E-state index is -0.0999. The summed E-state index contributed by atoms with van der Waals surface area (Å²) in [4.78, 5) is 22.9. The molecule has 1 heterocycles. The first kappa shape index (κ1) is 18.8. The molecule has 3 N–H and O–H groups in total. The molecule has 1 unspecified atom stereocenters. The summed E-state index contributed by atoms with van der Waals surface area (Å²) < 4.78 is 0. The van der Waals surface area contributed by atoms with Gasteiger partial charge < -0.3 is 16.0 Å². The molecule has 1 aliphatic rings. The van der Waals surface area contributed by atoms with Crippen LogP contribution in [0, 0.1) is 0 Å². The Morgan fingerprint density at radius 1 is 1.41 bits per heavy atom. The van der Waals surface area contributed by atoms with Gasteiger partial charge in [0.15, 0.2) is 0 Å². The monoisotopic (exact) mass is 343 g/mol. The van der Waals surface area contributed by atoms with E-state index < -0.39 is 0 Å². The number of benzene rings is 1. The van der Waals surface area contributed by atoms with Crippen molar-refractivity contribution in [3.8, 4) is 0 Å². The van der Waals surface area contributed by atoms with Crippen LogP contribution in [0.1, 0.15) is 18.9 Å². The lowest BCUT2D eigenvalue weighted by molar-refractivity contribution is -0.121. The van der Waals surface area contributed by atoms with E-state index in [0.29, 0.717) is 13.0 Å². The molecule has 2 rings (SSSR count). The van der Waals surface area contributed by atoms with Gasteiger partial charge in [-0.25, -0.2) is 0 Å². The van der Waals surface area contributed by atoms with Gasteiger partial charge in [-0.2, -0.15) is 11.8 Å². The number of thioether (sulfide) groups is 1. The van der Waals surface area contributed by atoms with Crippen LogP contribution in [0.5, 0.6) is 0 Å². The highest BCUT2D eigenvalue weighted by molar-refractivity contribution is 7.99. The summed E-state index contributed by atoms with van der Waals surface area (Å²) in [7, 11) is 0. The number of rotatable bonds is 5. The summed E-state index contributed by atoms with van der Waals surface area (Å²) in [6, 6.07) is 7.77. The van der Waals surface area contributed by atoms with E-state index in [1.165, 1.54) is 6.92 Å². The number of halogens is 1. The van der Waals surface area contributed by atoms with Gasteiger partial charge in [0, 0.05) is 49.7 Å². The first-order valence-corrected chi connectivity index (χ1v) is 8.23. The van der Waals surface area contributed by atoms with Crippen LogP contribution in [0.2, 0.25) is 0 Å². The molecule has 122 valence electrons. The van der Waals surface area contributed by atoms with Gasteiger partial charge in [0.05, 0.1) is 0 Å². The highest BCUT2D eigenvalue weighted by Gasteiger charge is 2.16. The standard InChI is InChI=1S/C15H21N3O2S.ClH/c1-11(19)18-13-4-2-3-12(7-13)9-17-15(20)8-14-10-21-6-5-16-14;/h2-4,7,14,16H,5-6,8-10H2,1H3,(H,17,20)(H,18,19);1H. The fraction of sp³-hybridized carbons (Fsp3) is 0.467. The minimum Gasteiger partial charge on any atom is -0.352 e. The first-order chi connectivity index (χ1) is 10.1. The van der Waals surface area contributed by atoms with E-state index in [1.54, 1.807) is 0 Å². The number of nitrogens with one attached hydrogen (secondary N) is 3. The Morgan fingerprint density at radius 3 is 2.91 bits per heavy atom. The molecule has 1 atom stereocenters. The molecule has 1 aromatic carbocycles. The van der Waals surface area contributed by atoms with Crippen molar-refractivity contribution in [2.24, 2.45) is 0 Å². The summed E-state index contributed by atoms with van der Waals surface area (Å²) in [5, 5.41) is 9.01. The van der Waals surface area contributed by atoms with Crippen LogP contribution in [0.25, 0.3) is 0 Å². The fourth-order valence-electron chi connectivity index (χ4n) is 2.21. The van der Waals surface area contributed by atoms with Gasteiger partial charge in [-0.15, -0.1) is 12.4 Å². The van der Waals surface area contributed by atoms with Crippen LogP contribution in [0.4, 0.5) is 5.69 Å². The van der Waals surface area contributed by atoms with Crippen molar-refractivity contribution in [1.82, 2.24) is 10.6 Å². The molecule has 5 nitrogen and oxygen atoms in total. The summed E-state index contributed by atoms with van der Waals surface area (Å²) in [5.74, 6) is 2.07. The van der Waals surface area contributed by atoms with Crippen molar-refractivity contribution in [2.45, 2.75) is 25.9 Å². The summed E-state index contributed by atoms with van der Waals surface area (Å²) in [5.41, 5.74) is 1.72. The number of carbonyl (C=O) groups is 2. The molecule has 1 fully saturated rings. The largest absolute Gasteiger partial charge is 0.352 e. The zero-order valence-electron chi connectivity index (χ0n) is 12.6. The molecule has 1 saturated heterocycles. The summed E-state index contributed by atoms with van der Waals surface area (Å²) >= 11 is 1.88. The number of amides is 2. The zero-order chi connectivity index (χ0) is 15.1. The first-order valence-electron chi connectivity index (χ1n) is 7.08. The third kappa shape index (κ3) is 6.68. The van der Waals surface area contributed by atoms with Gasteiger partial charge >= 0.3 is 0 Å². The molecular weight excluding hydrogens is 322 g/mol. The van der Waals surface area contributed by atoms with Gasteiger partial charge in [-0.1, -0.05) is 12.1 Å². The number of carbonyl (C=O) groups excluding carboxylic acids is 2. The molecule has 1 aliphatic heterocycles. The van der Waals surface area contributed by atoms with Gasteiger partial charge in [0.2, 0.25) is 11.8 Å². The van der Waals surface area contributed by atoms with Crippen molar-refractivity contribution in [3.63, 3.8) is 0 Å². The molecule has 0 radical (unpaired) electrons. The molecule has 1 aromatic rings. The van der Waals surface area contributed by atoms with Crippen LogP contribution >= 0.6 is 24.2 Å². The second kappa shape index (κ2) is 9.71. The van der Waals surface area contributed by atoms with Gasteiger partial charge in [-0.3, -0.25) is 9.59 Å². The Balaban J connectivity index is 0.00000242. The lowest BCUT2D eigenvalue weighted by atomic mass is 10.2. The molecule has 0 aromatic heterocycles. The van der Waals surface area contributed by atoms with E-state index in [1.807, 2.05) is 36.0 Å². The number of hydrogen-bond acceptors (Lipinski definition) is 4. The van der Waals surface area contributed by atoms with Gasteiger partial charge in [0.25, 0.3) is 0 Å². The Morgan fingerprint density at radius 2 is 2.23 bits per heavy atom. The summed E-state index contributed by atoms with van der Waals surface area (Å²) in [6.07, 6.45) is 0.512. The number of anilines is 1. The fourth-order valence-corrected chi connectivity index (χ4v) is 3.16. The lowest BCUT2D eigenvalue weighted by Crippen LogP contribution is -2.41. The normalized spacial score (nSPS) is 17.2. The Hall–Kier alpha value is -1.24. The Bertz CT molecular complexity index is 507. The second-order valence-corrected chi connectivity index (χ2v) is 6.24. The van der Waals surface area contributed by atoms with Crippen LogP contribution in [0.3, 0.4) is 0 Å². The van der Waals surface area contributed by atoms with Crippen molar-refractivity contribution in [2.75, 3.05) is 23.4 Å². The average molecular weight is 344 g/mol. The predicted octanol–water partition coefficient (Wildman–Crippen LogP) is 1.78. The maximum atomic E-state index is 11.9. The minimum absolute atomic E-state index is 0. The van der Waals surface area contributed by atoms with Crippen LogP contribution < -0.4 is 16.0 Å². The molecule has 0 spiro atoms.